The maximum Gasteiger partial charge on any atom is 0.337 e. The van der Waals surface area contributed by atoms with Gasteiger partial charge in [0.15, 0.2) is 0 Å². The van der Waals surface area contributed by atoms with Gasteiger partial charge >= 0.3 is 11.9 Å². The number of ether oxygens (including phenoxy) is 2. The molecule has 6 heteroatoms. The van der Waals surface area contributed by atoms with Crippen molar-refractivity contribution in [1.82, 2.24) is 5.32 Å². The van der Waals surface area contributed by atoms with E-state index in [1.807, 2.05) is 0 Å². The first kappa shape index (κ1) is 19.7. The summed E-state index contributed by atoms with van der Waals surface area (Å²) >= 11 is 0. The van der Waals surface area contributed by atoms with Gasteiger partial charge in [-0.2, -0.15) is 0 Å². The van der Waals surface area contributed by atoms with E-state index in [1.54, 1.807) is 18.2 Å². The van der Waals surface area contributed by atoms with E-state index in [0.717, 1.165) is 25.7 Å². The lowest BCUT2D eigenvalue weighted by Gasteiger charge is -2.16. The lowest BCUT2D eigenvalue weighted by Crippen LogP contribution is -2.41. The molecule has 0 saturated heterocycles. The van der Waals surface area contributed by atoms with E-state index in [0.29, 0.717) is 12.0 Å². The Balaban J connectivity index is 2.76. The van der Waals surface area contributed by atoms with Crippen LogP contribution >= 0.6 is 0 Å². The number of carbonyl (C=O) groups excluding carboxylic acids is 3. The van der Waals surface area contributed by atoms with Crippen LogP contribution in [0.4, 0.5) is 0 Å². The van der Waals surface area contributed by atoms with Gasteiger partial charge in [-0.1, -0.05) is 38.7 Å². The number of methoxy groups -OCH3 is 2. The highest BCUT2D eigenvalue weighted by Gasteiger charge is 2.22. The van der Waals surface area contributed by atoms with Crippen molar-refractivity contribution in [3.8, 4) is 0 Å². The van der Waals surface area contributed by atoms with Crippen LogP contribution in [0.2, 0.25) is 0 Å². The van der Waals surface area contributed by atoms with E-state index in [1.165, 1.54) is 20.3 Å². The minimum Gasteiger partial charge on any atom is -0.467 e. The fourth-order valence-electron chi connectivity index (χ4n) is 2.31. The van der Waals surface area contributed by atoms with Crippen molar-refractivity contribution in [1.29, 1.82) is 0 Å². The van der Waals surface area contributed by atoms with E-state index in [-0.39, 0.29) is 5.56 Å². The molecular weight excluding hydrogens is 310 g/mol. The molecule has 0 aromatic heterocycles. The molecule has 0 aliphatic heterocycles. The first-order chi connectivity index (χ1) is 11.5. The van der Waals surface area contributed by atoms with Crippen LogP contribution in [0.5, 0.6) is 0 Å². The smallest absolute Gasteiger partial charge is 0.337 e. The summed E-state index contributed by atoms with van der Waals surface area (Å²) in [6.07, 6.45) is 4.53. The van der Waals surface area contributed by atoms with Crippen LogP contribution in [-0.4, -0.2) is 38.1 Å². The predicted octanol–water partition coefficient (Wildman–Crippen LogP) is 2.72. The zero-order valence-electron chi connectivity index (χ0n) is 14.5. The van der Waals surface area contributed by atoms with Gasteiger partial charge in [-0.25, -0.2) is 9.59 Å². The number of esters is 2. The summed E-state index contributed by atoms with van der Waals surface area (Å²) in [6.45, 7) is 2.11. The molecule has 1 amide bonds. The van der Waals surface area contributed by atoms with E-state index in [4.69, 9.17) is 4.74 Å². The zero-order chi connectivity index (χ0) is 17.9. The van der Waals surface area contributed by atoms with Gasteiger partial charge in [0.1, 0.15) is 6.04 Å². The molecule has 0 saturated carbocycles. The molecule has 0 spiro atoms. The van der Waals surface area contributed by atoms with Gasteiger partial charge in [0.2, 0.25) is 0 Å². The van der Waals surface area contributed by atoms with Crippen LogP contribution in [0, 0.1) is 0 Å². The van der Waals surface area contributed by atoms with Crippen molar-refractivity contribution >= 4 is 17.8 Å². The van der Waals surface area contributed by atoms with Crippen molar-refractivity contribution in [3.63, 3.8) is 0 Å². The maximum atomic E-state index is 12.4. The number of hydrogen-bond acceptors (Lipinski definition) is 5. The van der Waals surface area contributed by atoms with Gasteiger partial charge in [0.25, 0.3) is 5.91 Å². The Kier molecular flexibility index (Phi) is 8.54. The molecule has 0 aliphatic carbocycles. The van der Waals surface area contributed by atoms with Gasteiger partial charge in [0, 0.05) is 5.56 Å². The van der Waals surface area contributed by atoms with Crippen molar-refractivity contribution < 1.29 is 23.9 Å². The van der Waals surface area contributed by atoms with E-state index < -0.39 is 23.9 Å². The molecule has 24 heavy (non-hydrogen) atoms. The molecule has 1 N–H and O–H groups in total. The van der Waals surface area contributed by atoms with Crippen LogP contribution in [0.15, 0.2) is 24.3 Å². The van der Waals surface area contributed by atoms with Crippen LogP contribution < -0.4 is 5.32 Å². The topological polar surface area (TPSA) is 81.7 Å². The van der Waals surface area contributed by atoms with Crippen molar-refractivity contribution in [2.45, 2.75) is 45.1 Å². The van der Waals surface area contributed by atoms with Crippen molar-refractivity contribution in [3.05, 3.63) is 35.4 Å². The predicted molar refractivity (Wildman–Crippen MR) is 89.8 cm³/mol. The molecule has 1 aromatic carbocycles. The molecule has 132 valence electrons. The quantitative estimate of drug-likeness (QED) is 0.554. The Morgan fingerprint density at radius 2 is 1.75 bits per heavy atom. The number of nitrogens with one attached hydrogen (secondary N) is 1. The van der Waals surface area contributed by atoms with E-state index in [2.05, 4.69) is 17.0 Å². The van der Waals surface area contributed by atoms with E-state index >= 15 is 0 Å². The van der Waals surface area contributed by atoms with Gasteiger partial charge in [-0.15, -0.1) is 0 Å². The number of benzene rings is 1. The molecule has 1 aromatic rings. The second-order valence-corrected chi connectivity index (χ2v) is 5.47. The third-order valence-corrected chi connectivity index (χ3v) is 3.68. The van der Waals surface area contributed by atoms with Gasteiger partial charge in [-0.05, 0) is 24.6 Å². The Labute approximate surface area is 142 Å². The maximum absolute atomic E-state index is 12.4. The molecular formula is C18H25NO5. The minimum atomic E-state index is -0.693. The number of unbranched alkanes of at least 4 members (excludes halogenated alkanes) is 3. The lowest BCUT2D eigenvalue weighted by atomic mass is 10.1. The monoisotopic (exact) mass is 335 g/mol. The highest BCUT2D eigenvalue weighted by atomic mass is 16.5. The summed E-state index contributed by atoms with van der Waals surface area (Å²) in [7, 11) is 2.57. The molecule has 0 aliphatic rings. The number of carbonyl (C=O) groups is 3. The average Bonchev–Trinajstić information content (AvgIpc) is 2.62. The molecule has 1 atom stereocenters. The molecule has 0 unspecified atom stereocenters. The fourth-order valence-corrected chi connectivity index (χ4v) is 2.31. The number of amides is 1. The Morgan fingerprint density at radius 3 is 2.38 bits per heavy atom. The summed E-state index contributed by atoms with van der Waals surface area (Å²) < 4.78 is 9.40. The molecule has 0 fully saturated rings. The summed E-state index contributed by atoms with van der Waals surface area (Å²) in [4.78, 5) is 35.7. The Hall–Kier alpha value is -2.37. The van der Waals surface area contributed by atoms with Crippen LogP contribution in [-0.2, 0) is 14.3 Å². The van der Waals surface area contributed by atoms with Gasteiger partial charge < -0.3 is 14.8 Å². The average molecular weight is 335 g/mol. The molecule has 6 nitrogen and oxygen atoms in total. The van der Waals surface area contributed by atoms with E-state index in [9.17, 15) is 14.4 Å². The summed E-state index contributed by atoms with van der Waals surface area (Å²) in [6, 6.07) is 5.47. The molecule has 0 bridgehead atoms. The molecule has 1 rings (SSSR count). The highest BCUT2D eigenvalue weighted by Crippen LogP contribution is 2.10. The summed E-state index contributed by atoms with van der Waals surface area (Å²) in [5.41, 5.74) is 0.572. The van der Waals surface area contributed by atoms with Crippen LogP contribution in [0.3, 0.4) is 0 Å². The van der Waals surface area contributed by atoms with Gasteiger partial charge in [0.05, 0.1) is 19.8 Å². The van der Waals surface area contributed by atoms with Crippen LogP contribution in [0.25, 0.3) is 0 Å². The second-order valence-electron chi connectivity index (χ2n) is 5.47. The Bertz CT molecular complexity index is 570. The summed E-state index contributed by atoms with van der Waals surface area (Å²) in [5.74, 6) is -1.41. The lowest BCUT2D eigenvalue weighted by molar-refractivity contribution is -0.143. The zero-order valence-corrected chi connectivity index (χ0v) is 14.5. The molecule has 0 radical (unpaired) electrons. The third-order valence-electron chi connectivity index (χ3n) is 3.68. The minimum absolute atomic E-state index is 0.280. The van der Waals surface area contributed by atoms with Crippen molar-refractivity contribution in [2.24, 2.45) is 0 Å². The van der Waals surface area contributed by atoms with Gasteiger partial charge in [-0.3, -0.25) is 4.79 Å². The number of hydrogen-bond donors (Lipinski definition) is 1. The molecule has 0 heterocycles. The second kappa shape index (κ2) is 10.4. The first-order valence-corrected chi connectivity index (χ1v) is 8.10. The normalized spacial score (nSPS) is 11.5. The fraction of sp³-hybridized carbons (Fsp3) is 0.500. The Morgan fingerprint density at radius 1 is 1.04 bits per heavy atom. The van der Waals surface area contributed by atoms with Crippen molar-refractivity contribution in [2.75, 3.05) is 14.2 Å². The third kappa shape index (κ3) is 6.02. The first-order valence-electron chi connectivity index (χ1n) is 8.10. The highest BCUT2D eigenvalue weighted by molar-refractivity contribution is 5.99. The number of rotatable bonds is 9. The summed E-state index contributed by atoms with van der Waals surface area (Å²) in [5, 5.41) is 2.68. The standard InChI is InChI=1S/C18H25NO5/c1-4-5-6-7-11-15(18(22)24-3)19-16(20)13-9-8-10-14(12-13)17(21)23-2/h8-10,12,15H,4-7,11H2,1-3H3,(H,19,20)/t15-/m1/s1. The van der Waals surface area contributed by atoms with Crippen LogP contribution in [0.1, 0.15) is 59.7 Å². The largest absolute Gasteiger partial charge is 0.467 e. The SMILES string of the molecule is CCCCCC[C@@H](NC(=O)c1cccc(C(=O)OC)c1)C(=O)OC.